The van der Waals surface area contributed by atoms with E-state index < -0.39 is 0 Å². The molecular formula is C22H29N5O2. The predicted octanol–water partition coefficient (Wildman–Crippen LogP) is 2.95. The molecule has 2 aromatic heterocycles. The third-order valence-corrected chi connectivity index (χ3v) is 5.96. The normalized spacial score (nSPS) is 18.7. The Bertz CT molecular complexity index is 825. The van der Waals surface area contributed by atoms with Gasteiger partial charge < -0.3 is 14.5 Å². The van der Waals surface area contributed by atoms with E-state index in [1.807, 2.05) is 11.1 Å². The van der Waals surface area contributed by atoms with Gasteiger partial charge in [0.05, 0.1) is 0 Å². The lowest BCUT2D eigenvalue weighted by Crippen LogP contribution is -2.39. The first-order valence-electron chi connectivity index (χ1n) is 10.5. The van der Waals surface area contributed by atoms with Crippen molar-refractivity contribution in [3.05, 3.63) is 42.0 Å². The van der Waals surface area contributed by atoms with Gasteiger partial charge in [-0.2, -0.15) is 0 Å². The topological polar surface area (TPSA) is 71.5 Å². The van der Waals surface area contributed by atoms with E-state index in [2.05, 4.69) is 38.9 Å². The second-order valence-corrected chi connectivity index (χ2v) is 8.03. The highest BCUT2D eigenvalue weighted by atomic mass is 16.5. The standard InChI is InChI=1S/C22H29N5O2/c1-16-3-4-20(25-15-16)27-13-7-19(8-14-27)29-22-21(23-9-10-24-22)18-5-11-26(12-6-18)17(2)28/h3-4,9-10,15,18-19H,5-8,11-14H2,1-2H3. The summed E-state index contributed by atoms with van der Waals surface area (Å²) in [6.07, 6.45) is 9.20. The van der Waals surface area contributed by atoms with Gasteiger partial charge in [-0.25, -0.2) is 9.97 Å². The van der Waals surface area contributed by atoms with E-state index in [1.54, 1.807) is 19.3 Å². The summed E-state index contributed by atoms with van der Waals surface area (Å²) in [5.41, 5.74) is 2.12. The van der Waals surface area contributed by atoms with Gasteiger partial charge in [0.1, 0.15) is 17.6 Å². The summed E-state index contributed by atoms with van der Waals surface area (Å²) in [5.74, 6) is 2.15. The van der Waals surface area contributed by atoms with Crippen LogP contribution < -0.4 is 9.64 Å². The molecule has 4 heterocycles. The molecule has 2 fully saturated rings. The van der Waals surface area contributed by atoms with E-state index >= 15 is 0 Å². The van der Waals surface area contributed by atoms with E-state index in [9.17, 15) is 4.79 Å². The summed E-state index contributed by atoms with van der Waals surface area (Å²) in [7, 11) is 0. The summed E-state index contributed by atoms with van der Waals surface area (Å²) >= 11 is 0. The largest absolute Gasteiger partial charge is 0.473 e. The zero-order valence-electron chi connectivity index (χ0n) is 17.3. The average molecular weight is 396 g/mol. The van der Waals surface area contributed by atoms with Gasteiger partial charge in [0.2, 0.25) is 11.8 Å². The van der Waals surface area contributed by atoms with Crippen LogP contribution in [0, 0.1) is 6.92 Å². The van der Waals surface area contributed by atoms with Crippen molar-refractivity contribution in [3.8, 4) is 5.88 Å². The Labute approximate surface area is 172 Å². The number of piperidine rings is 2. The van der Waals surface area contributed by atoms with Gasteiger partial charge in [-0.15, -0.1) is 0 Å². The van der Waals surface area contributed by atoms with E-state index in [1.165, 1.54) is 5.56 Å². The minimum atomic E-state index is 0.143. The first-order chi connectivity index (χ1) is 14.1. The van der Waals surface area contributed by atoms with Crippen LogP contribution in [0.5, 0.6) is 5.88 Å². The molecule has 0 atom stereocenters. The van der Waals surface area contributed by atoms with Crippen molar-refractivity contribution < 1.29 is 9.53 Å². The highest BCUT2D eigenvalue weighted by Crippen LogP contribution is 2.32. The minimum absolute atomic E-state index is 0.143. The van der Waals surface area contributed by atoms with Gasteiger partial charge >= 0.3 is 0 Å². The van der Waals surface area contributed by atoms with Gasteiger partial charge in [0.15, 0.2) is 0 Å². The number of rotatable bonds is 4. The number of hydrogen-bond donors (Lipinski definition) is 0. The molecule has 2 aliphatic heterocycles. The Balaban J connectivity index is 1.36. The molecule has 0 spiro atoms. The van der Waals surface area contributed by atoms with Crippen LogP contribution in [0.4, 0.5) is 5.82 Å². The molecular weight excluding hydrogens is 366 g/mol. The molecule has 0 N–H and O–H groups in total. The maximum absolute atomic E-state index is 11.6. The molecule has 7 heteroatoms. The van der Waals surface area contributed by atoms with Crippen molar-refractivity contribution >= 4 is 11.7 Å². The van der Waals surface area contributed by atoms with Crippen molar-refractivity contribution in [1.82, 2.24) is 19.9 Å². The van der Waals surface area contributed by atoms with E-state index in [-0.39, 0.29) is 12.0 Å². The summed E-state index contributed by atoms with van der Waals surface area (Å²) in [4.78, 5) is 29.4. The first kappa shape index (κ1) is 19.6. The number of amides is 1. The molecule has 0 aromatic carbocycles. The fraction of sp³-hybridized carbons (Fsp3) is 0.545. The monoisotopic (exact) mass is 395 g/mol. The van der Waals surface area contributed by atoms with Crippen molar-refractivity contribution in [1.29, 1.82) is 0 Å². The molecule has 0 unspecified atom stereocenters. The van der Waals surface area contributed by atoms with Crippen LogP contribution in [0.15, 0.2) is 30.7 Å². The number of ether oxygens (including phenoxy) is 1. The molecule has 1 amide bonds. The van der Waals surface area contributed by atoms with Gasteiger partial charge in [0.25, 0.3) is 0 Å². The average Bonchev–Trinajstić information content (AvgIpc) is 2.75. The third kappa shape index (κ3) is 4.66. The fourth-order valence-electron chi connectivity index (χ4n) is 4.18. The van der Waals surface area contributed by atoms with Crippen molar-refractivity contribution in [2.45, 2.75) is 51.6 Å². The highest BCUT2D eigenvalue weighted by Gasteiger charge is 2.28. The molecule has 0 radical (unpaired) electrons. The SMILES string of the molecule is CC(=O)N1CCC(c2nccnc2OC2CCN(c3ccc(C)cn3)CC2)CC1. The number of aromatic nitrogens is 3. The molecule has 2 saturated heterocycles. The maximum Gasteiger partial charge on any atom is 0.236 e. The van der Waals surface area contributed by atoms with Gasteiger partial charge in [-0.05, 0) is 31.4 Å². The smallest absolute Gasteiger partial charge is 0.236 e. The van der Waals surface area contributed by atoms with Crippen LogP contribution in [-0.4, -0.2) is 58.0 Å². The van der Waals surface area contributed by atoms with Crippen LogP contribution in [0.2, 0.25) is 0 Å². The first-order valence-corrected chi connectivity index (χ1v) is 10.5. The van der Waals surface area contributed by atoms with Crippen molar-refractivity contribution in [3.63, 3.8) is 0 Å². The van der Waals surface area contributed by atoms with Gasteiger partial charge in [-0.3, -0.25) is 9.78 Å². The summed E-state index contributed by atoms with van der Waals surface area (Å²) in [6.45, 7) is 7.09. The number of aryl methyl sites for hydroxylation is 1. The number of pyridine rings is 1. The molecule has 2 aliphatic rings. The van der Waals surface area contributed by atoms with Crippen LogP contribution in [0.3, 0.4) is 0 Å². The molecule has 0 saturated carbocycles. The van der Waals surface area contributed by atoms with Crippen LogP contribution in [0.25, 0.3) is 0 Å². The molecule has 29 heavy (non-hydrogen) atoms. The second kappa shape index (κ2) is 8.76. The Kier molecular flexibility index (Phi) is 5.92. The minimum Gasteiger partial charge on any atom is -0.473 e. The quantitative estimate of drug-likeness (QED) is 0.793. The number of nitrogens with zero attached hydrogens (tertiary/aromatic N) is 5. The van der Waals surface area contributed by atoms with E-state index in [0.717, 1.165) is 63.4 Å². The zero-order chi connectivity index (χ0) is 20.2. The van der Waals surface area contributed by atoms with Crippen LogP contribution in [0.1, 0.15) is 49.8 Å². The summed E-state index contributed by atoms with van der Waals surface area (Å²) in [5, 5.41) is 0. The lowest BCUT2D eigenvalue weighted by Gasteiger charge is -2.34. The molecule has 0 aliphatic carbocycles. The number of hydrogen-bond acceptors (Lipinski definition) is 6. The predicted molar refractivity (Wildman–Crippen MR) is 111 cm³/mol. The Morgan fingerprint density at radius 3 is 2.38 bits per heavy atom. The highest BCUT2D eigenvalue weighted by molar-refractivity contribution is 5.73. The fourth-order valence-corrected chi connectivity index (χ4v) is 4.18. The number of carbonyl (C=O) groups excluding carboxylic acids is 1. The second-order valence-electron chi connectivity index (χ2n) is 8.03. The lowest BCUT2D eigenvalue weighted by molar-refractivity contribution is -0.129. The maximum atomic E-state index is 11.6. The number of anilines is 1. The van der Waals surface area contributed by atoms with Crippen LogP contribution >= 0.6 is 0 Å². The van der Waals surface area contributed by atoms with E-state index in [0.29, 0.717) is 11.8 Å². The number of likely N-dealkylation sites (tertiary alicyclic amines) is 1. The molecule has 7 nitrogen and oxygen atoms in total. The Morgan fingerprint density at radius 2 is 1.72 bits per heavy atom. The summed E-state index contributed by atoms with van der Waals surface area (Å²) in [6, 6.07) is 4.19. The third-order valence-electron chi connectivity index (χ3n) is 5.96. The zero-order valence-corrected chi connectivity index (χ0v) is 17.3. The van der Waals surface area contributed by atoms with E-state index in [4.69, 9.17) is 4.74 Å². The molecule has 4 rings (SSSR count). The number of carbonyl (C=O) groups is 1. The van der Waals surface area contributed by atoms with Crippen molar-refractivity contribution in [2.24, 2.45) is 0 Å². The lowest BCUT2D eigenvalue weighted by atomic mass is 9.93. The molecule has 154 valence electrons. The Hall–Kier alpha value is -2.70. The molecule has 2 aromatic rings. The van der Waals surface area contributed by atoms with Crippen molar-refractivity contribution in [2.75, 3.05) is 31.1 Å². The Morgan fingerprint density at radius 1 is 1.00 bits per heavy atom. The molecule has 0 bridgehead atoms. The van der Waals surface area contributed by atoms with Crippen LogP contribution in [-0.2, 0) is 4.79 Å². The summed E-state index contributed by atoms with van der Waals surface area (Å²) < 4.78 is 6.32. The van der Waals surface area contributed by atoms with Gasteiger partial charge in [0, 0.05) is 70.5 Å². The van der Waals surface area contributed by atoms with Gasteiger partial charge in [-0.1, -0.05) is 6.07 Å².